The van der Waals surface area contributed by atoms with Gasteiger partial charge in [-0.05, 0) is 44.2 Å². The average Bonchev–Trinajstić information content (AvgIpc) is 3.17. The third kappa shape index (κ3) is 3.95. The van der Waals surface area contributed by atoms with E-state index in [1.165, 1.54) is 7.11 Å². The van der Waals surface area contributed by atoms with Crippen LogP contribution in [0.15, 0.2) is 42.9 Å². The minimum absolute atomic E-state index is 0.227. The van der Waals surface area contributed by atoms with Crippen molar-refractivity contribution in [3.05, 3.63) is 48.4 Å². The molecule has 1 saturated heterocycles. The van der Waals surface area contributed by atoms with E-state index in [9.17, 15) is 4.79 Å². The van der Waals surface area contributed by atoms with Gasteiger partial charge in [0.25, 0.3) is 5.91 Å². The molecule has 5 rings (SSSR count). The number of carbonyl (C=O) groups is 1. The van der Waals surface area contributed by atoms with E-state index in [1.807, 2.05) is 41.9 Å². The number of fused-ring (bicyclic) bond motifs is 2. The molecule has 0 aliphatic carbocycles. The molecule has 1 aliphatic rings. The highest BCUT2D eigenvalue weighted by molar-refractivity contribution is 6.14. The van der Waals surface area contributed by atoms with Crippen molar-refractivity contribution in [2.45, 2.75) is 25.9 Å². The summed E-state index contributed by atoms with van der Waals surface area (Å²) in [7, 11) is 3.46. The maximum absolute atomic E-state index is 13.3. The fourth-order valence-corrected chi connectivity index (χ4v) is 4.58. The number of methoxy groups -OCH3 is 1. The number of anilines is 2. The molecule has 0 radical (unpaired) electrons. The van der Waals surface area contributed by atoms with Gasteiger partial charge in [0.05, 0.1) is 35.6 Å². The maximum atomic E-state index is 13.3. The third-order valence-corrected chi connectivity index (χ3v) is 6.01. The van der Waals surface area contributed by atoms with Crippen LogP contribution in [0.5, 0.6) is 6.01 Å². The Bertz CT molecular complexity index is 1340. The van der Waals surface area contributed by atoms with Crippen molar-refractivity contribution in [2.75, 3.05) is 30.4 Å². The standard InChI is InChI=1S/C24H27N7O2/c1-14-11-31(12-15(2)27-14)20-8-6-17(22-18(20)10-25-24(29-22)33-4)23(32)28-16-5-7-21-19(9-16)26-13-30(21)3/h5-10,13-15,27H,11-12H2,1-4H3,(H,28,32). The minimum Gasteiger partial charge on any atom is -0.467 e. The van der Waals surface area contributed by atoms with E-state index in [0.717, 1.165) is 35.2 Å². The molecule has 2 N–H and O–H groups in total. The molecule has 0 saturated carbocycles. The normalized spacial score (nSPS) is 18.6. The fourth-order valence-electron chi connectivity index (χ4n) is 4.58. The van der Waals surface area contributed by atoms with Gasteiger partial charge < -0.3 is 24.8 Å². The fraction of sp³-hybridized carbons (Fsp3) is 0.333. The van der Waals surface area contributed by atoms with E-state index < -0.39 is 0 Å². The molecule has 33 heavy (non-hydrogen) atoms. The van der Waals surface area contributed by atoms with Crippen LogP contribution in [0.1, 0.15) is 24.2 Å². The molecule has 2 aromatic carbocycles. The molecule has 1 amide bonds. The second-order valence-electron chi connectivity index (χ2n) is 8.64. The van der Waals surface area contributed by atoms with Crippen LogP contribution in [0.25, 0.3) is 21.9 Å². The number of carbonyl (C=O) groups excluding carboxylic acids is 1. The molecule has 9 heteroatoms. The van der Waals surface area contributed by atoms with Crippen LogP contribution in [-0.4, -0.2) is 57.7 Å². The quantitative estimate of drug-likeness (QED) is 0.498. The van der Waals surface area contributed by atoms with Crippen molar-refractivity contribution < 1.29 is 9.53 Å². The summed E-state index contributed by atoms with van der Waals surface area (Å²) < 4.78 is 7.20. The van der Waals surface area contributed by atoms with Gasteiger partial charge in [-0.15, -0.1) is 0 Å². The highest BCUT2D eigenvalue weighted by Gasteiger charge is 2.24. The zero-order chi connectivity index (χ0) is 23.1. The van der Waals surface area contributed by atoms with Gasteiger partial charge in [-0.3, -0.25) is 4.79 Å². The van der Waals surface area contributed by atoms with E-state index in [4.69, 9.17) is 4.74 Å². The maximum Gasteiger partial charge on any atom is 0.316 e. The topological polar surface area (TPSA) is 97.2 Å². The number of aryl methyl sites for hydroxylation is 1. The lowest BCUT2D eigenvalue weighted by Crippen LogP contribution is -2.54. The summed E-state index contributed by atoms with van der Waals surface area (Å²) in [6.07, 6.45) is 3.49. The van der Waals surface area contributed by atoms with E-state index >= 15 is 0 Å². The summed E-state index contributed by atoms with van der Waals surface area (Å²) in [6, 6.07) is 10.4. The highest BCUT2D eigenvalue weighted by Crippen LogP contribution is 2.31. The second kappa shape index (κ2) is 8.32. The predicted molar refractivity (Wildman–Crippen MR) is 129 cm³/mol. The summed E-state index contributed by atoms with van der Waals surface area (Å²) in [5, 5.41) is 7.37. The van der Waals surface area contributed by atoms with E-state index in [0.29, 0.717) is 28.9 Å². The summed E-state index contributed by atoms with van der Waals surface area (Å²) in [4.78, 5) is 28.9. The lowest BCUT2D eigenvalue weighted by atomic mass is 10.0. The van der Waals surface area contributed by atoms with Crippen molar-refractivity contribution in [1.29, 1.82) is 0 Å². The third-order valence-electron chi connectivity index (χ3n) is 6.01. The molecule has 9 nitrogen and oxygen atoms in total. The molecule has 2 unspecified atom stereocenters. The summed E-state index contributed by atoms with van der Waals surface area (Å²) in [5.41, 5.74) is 4.54. The number of hydrogen-bond donors (Lipinski definition) is 2. The van der Waals surface area contributed by atoms with Crippen LogP contribution in [0.4, 0.5) is 11.4 Å². The SMILES string of the molecule is COc1ncc2c(N3CC(C)NC(C)C3)ccc(C(=O)Nc3ccc4c(c3)ncn4C)c2n1. The number of aromatic nitrogens is 4. The summed E-state index contributed by atoms with van der Waals surface area (Å²) in [6.45, 7) is 6.07. The Labute approximate surface area is 191 Å². The summed E-state index contributed by atoms with van der Waals surface area (Å²) >= 11 is 0. The van der Waals surface area contributed by atoms with E-state index in [1.54, 1.807) is 12.5 Å². The zero-order valence-electron chi connectivity index (χ0n) is 19.2. The van der Waals surface area contributed by atoms with Gasteiger partial charge in [-0.2, -0.15) is 4.98 Å². The number of imidazole rings is 1. The predicted octanol–water partition coefficient (Wildman–Crippen LogP) is 2.96. The Morgan fingerprint density at radius 3 is 2.70 bits per heavy atom. The molecular weight excluding hydrogens is 418 g/mol. The average molecular weight is 446 g/mol. The van der Waals surface area contributed by atoms with Gasteiger partial charge in [0.1, 0.15) is 0 Å². The molecular formula is C24H27N7O2. The van der Waals surface area contributed by atoms with Crippen molar-refractivity contribution in [3.63, 3.8) is 0 Å². The Balaban J connectivity index is 1.53. The van der Waals surface area contributed by atoms with Crippen molar-refractivity contribution in [3.8, 4) is 6.01 Å². The lowest BCUT2D eigenvalue weighted by Gasteiger charge is -2.38. The molecule has 2 atom stereocenters. The van der Waals surface area contributed by atoms with Gasteiger partial charge in [-0.25, -0.2) is 9.97 Å². The molecule has 1 fully saturated rings. The zero-order valence-corrected chi connectivity index (χ0v) is 19.2. The number of benzene rings is 2. The van der Waals surface area contributed by atoms with Crippen LogP contribution in [-0.2, 0) is 7.05 Å². The number of rotatable bonds is 4. The molecule has 0 spiro atoms. The van der Waals surface area contributed by atoms with Crippen molar-refractivity contribution >= 4 is 39.2 Å². The van der Waals surface area contributed by atoms with Crippen LogP contribution in [0.3, 0.4) is 0 Å². The Morgan fingerprint density at radius 2 is 1.94 bits per heavy atom. The van der Waals surface area contributed by atoms with Crippen molar-refractivity contribution in [2.24, 2.45) is 7.05 Å². The van der Waals surface area contributed by atoms with Gasteiger partial charge in [0, 0.05) is 55.2 Å². The molecule has 4 aromatic rings. The summed E-state index contributed by atoms with van der Waals surface area (Å²) in [5.74, 6) is -0.246. The van der Waals surface area contributed by atoms with E-state index in [2.05, 4.69) is 44.3 Å². The highest BCUT2D eigenvalue weighted by atomic mass is 16.5. The first-order valence-corrected chi connectivity index (χ1v) is 11.0. The molecule has 3 heterocycles. The Morgan fingerprint density at radius 1 is 1.15 bits per heavy atom. The van der Waals surface area contributed by atoms with Crippen molar-refractivity contribution in [1.82, 2.24) is 24.8 Å². The second-order valence-corrected chi connectivity index (χ2v) is 8.64. The van der Waals surface area contributed by atoms with Crippen LogP contribution >= 0.6 is 0 Å². The number of amides is 1. The van der Waals surface area contributed by atoms with Crippen LogP contribution < -0.4 is 20.3 Å². The number of ether oxygens (including phenoxy) is 1. The van der Waals surface area contributed by atoms with Gasteiger partial charge in [-0.1, -0.05) is 0 Å². The smallest absolute Gasteiger partial charge is 0.316 e. The van der Waals surface area contributed by atoms with Crippen LogP contribution in [0, 0.1) is 0 Å². The molecule has 1 aliphatic heterocycles. The van der Waals surface area contributed by atoms with Gasteiger partial charge in [0.2, 0.25) is 0 Å². The lowest BCUT2D eigenvalue weighted by molar-refractivity contribution is 0.102. The largest absolute Gasteiger partial charge is 0.467 e. The number of nitrogens with zero attached hydrogens (tertiary/aromatic N) is 5. The monoisotopic (exact) mass is 445 g/mol. The Hall–Kier alpha value is -3.72. The molecule has 170 valence electrons. The first kappa shape index (κ1) is 21.1. The first-order chi connectivity index (χ1) is 15.9. The minimum atomic E-state index is -0.246. The van der Waals surface area contributed by atoms with Crippen LogP contribution in [0.2, 0.25) is 0 Å². The van der Waals surface area contributed by atoms with Gasteiger partial charge in [0.15, 0.2) is 0 Å². The Kier molecular flexibility index (Phi) is 5.33. The number of piperazine rings is 1. The first-order valence-electron chi connectivity index (χ1n) is 11.0. The molecule has 0 bridgehead atoms. The number of hydrogen-bond acceptors (Lipinski definition) is 7. The molecule has 2 aromatic heterocycles. The van der Waals surface area contributed by atoms with E-state index in [-0.39, 0.29) is 11.9 Å². The number of nitrogens with one attached hydrogen (secondary N) is 2. The van der Waals surface area contributed by atoms with Gasteiger partial charge >= 0.3 is 6.01 Å².